The average Bonchev–Trinajstić information content (AvgIpc) is 3.04. The number of likely N-dealkylation sites (N-methyl/N-ethyl adjacent to an activating group) is 1. The van der Waals surface area contributed by atoms with E-state index in [9.17, 15) is 9.59 Å². The second-order valence-corrected chi connectivity index (χ2v) is 8.69. The van der Waals surface area contributed by atoms with Crippen LogP contribution in [0.3, 0.4) is 0 Å². The van der Waals surface area contributed by atoms with Crippen molar-refractivity contribution < 1.29 is 14.3 Å². The molecule has 0 unspecified atom stereocenters. The first-order valence-electron chi connectivity index (χ1n) is 10.4. The third-order valence-electron chi connectivity index (χ3n) is 4.56. The van der Waals surface area contributed by atoms with Gasteiger partial charge in [-0.05, 0) is 47.0 Å². The quantitative estimate of drug-likeness (QED) is 0.456. The highest BCUT2D eigenvalue weighted by atomic mass is 16.6. The molecule has 7 heteroatoms. The monoisotopic (exact) mass is 424 g/mol. The van der Waals surface area contributed by atoms with Crippen molar-refractivity contribution in [3.8, 4) is 6.07 Å². The lowest BCUT2D eigenvalue weighted by Gasteiger charge is -2.25. The number of benzene rings is 1. The number of rotatable bonds is 9. The van der Waals surface area contributed by atoms with Gasteiger partial charge in [-0.3, -0.25) is 9.59 Å². The minimum absolute atomic E-state index is 0.0990. The summed E-state index contributed by atoms with van der Waals surface area (Å²) < 4.78 is 7.41. The highest BCUT2D eigenvalue weighted by Gasteiger charge is 2.21. The summed E-state index contributed by atoms with van der Waals surface area (Å²) in [5.41, 5.74) is 1.31. The van der Waals surface area contributed by atoms with Gasteiger partial charge in [0.15, 0.2) is 0 Å². The highest BCUT2D eigenvalue weighted by Crippen LogP contribution is 2.23. The number of fused-ring (bicyclic) bond motifs is 1. The third-order valence-corrected chi connectivity index (χ3v) is 4.56. The molecule has 0 aliphatic rings. The van der Waals surface area contributed by atoms with Crippen molar-refractivity contribution in [1.82, 2.24) is 14.4 Å². The lowest BCUT2D eigenvalue weighted by atomic mass is 10.1. The summed E-state index contributed by atoms with van der Waals surface area (Å²) in [6.07, 6.45) is 5.63. The smallest absolute Gasteiger partial charge is 0.326 e. The molecule has 2 aromatic rings. The number of carbonyl (C=O) groups is 2. The number of para-hydroxylation sites is 1. The van der Waals surface area contributed by atoms with Gasteiger partial charge in [0.05, 0.1) is 12.5 Å². The summed E-state index contributed by atoms with van der Waals surface area (Å²) in [6, 6.07) is 10.1. The third kappa shape index (κ3) is 7.58. The summed E-state index contributed by atoms with van der Waals surface area (Å²) >= 11 is 0. The first-order valence-corrected chi connectivity index (χ1v) is 10.4. The van der Waals surface area contributed by atoms with Gasteiger partial charge in [0.1, 0.15) is 12.1 Å². The Bertz CT molecular complexity index is 977. The van der Waals surface area contributed by atoms with E-state index in [2.05, 4.69) is 6.07 Å². The predicted octanol–water partition coefficient (Wildman–Crippen LogP) is 3.30. The van der Waals surface area contributed by atoms with E-state index in [0.29, 0.717) is 26.1 Å². The van der Waals surface area contributed by atoms with E-state index < -0.39 is 11.6 Å². The number of esters is 1. The second kappa shape index (κ2) is 10.8. The van der Waals surface area contributed by atoms with E-state index in [1.54, 1.807) is 26.8 Å². The number of hydrogen-bond donors (Lipinski definition) is 0. The molecule has 0 radical (unpaired) electrons. The molecule has 1 aromatic heterocycles. The Morgan fingerprint density at radius 3 is 2.55 bits per heavy atom. The van der Waals surface area contributed by atoms with E-state index in [1.165, 1.54) is 11.0 Å². The molecule has 2 rings (SSSR count). The SMILES string of the molecule is CN(C)CCN(CC(=O)OC(C)(C)C)C(=O)/C=C/c1cn(CCC#N)c2ccccc12. The lowest BCUT2D eigenvalue weighted by Crippen LogP contribution is -2.41. The molecule has 7 nitrogen and oxygen atoms in total. The van der Waals surface area contributed by atoms with Crippen LogP contribution in [0.1, 0.15) is 32.8 Å². The zero-order valence-corrected chi connectivity index (χ0v) is 19.1. The van der Waals surface area contributed by atoms with Gasteiger partial charge in [0.2, 0.25) is 5.91 Å². The normalized spacial score (nSPS) is 11.8. The van der Waals surface area contributed by atoms with Crippen molar-refractivity contribution in [2.45, 2.75) is 39.3 Å². The largest absolute Gasteiger partial charge is 0.459 e. The fourth-order valence-corrected chi connectivity index (χ4v) is 3.15. The zero-order valence-electron chi connectivity index (χ0n) is 19.1. The molecule has 1 heterocycles. The molecule has 166 valence electrons. The Labute approximate surface area is 184 Å². The molecular formula is C24H32N4O3. The van der Waals surface area contributed by atoms with Crippen molar-refractivity contribution in [3.63, 3.8) is 0 Å². The Kier molecular flexibility index (Phi) is 8.40. The molecule has 1 amide bonds. The van der Waals surface area contributed by atoms with E-state index in [1.807, 2.05) is 54.0 Å². The van der Waals surface area contributed by atoms with Gasteiger partial charge in [-0.2, -0.15) is 5.26 Å². The Morgan fingerprint density at radius 2 is 1.90 bits per heavy atom. The van der Waals surface area contributed by atoms with Gasteiger partial charge in [0, 0.05) is 48.4 Å². The Balaban J connectivity index is 2.21. The molecule has 0 atom stereocenters. The second-order valence-electron chi connectivity index (χ2n) is 8.69. The molecule has 0 fully saturated rings. The fourth-order valence-electron chi connectivity index (χ4n) is 3.15. The van der Waals surface area contributed by atoms with Gasteiger partial charge in [0.25, 0.3) is 0 Å². The molecule has 31 heavy (non-hydrogen) atoms. The number of aryl methyl sites for hydroxylation is 1. The van der Waals surface area contributed by atoms with Crippen molar-refractivity contribution in [3.05, 3.63) is 42.1 Å². The van der Waals surface area contributed by atoms with Crippen molar-refractivity contribution in [2.75, 3.05) is 33.7 Å². The van der Waals surface area contributed by atoms with E-state index in [4.69, 9.17) is 10.00 Å². The number of carbonyl (C=O) groups excluding carboxylic acids is 2. The van der Waals surface area contributed by atoms with Crippen LogP contribution in [0, 0.1) is 11.3 Å². The van der Waals surface area contributed by atoms with E-state index in [0.717, 1.165) is 16.5 Å². The highest BCUT2D eigenvalue weighted by molar-refractivity contribution is 5.97. The minimum Gasteiger partial charge on any atom is -0.459 e. The average molecular weight is 425 g/mol. The fraction of sp³-hybridized carbons (Fsp3) is 0.458. The molecule has 0 aliphatic heterocycles. The number of hydrogen-bond acceptors (Lipinski definition) is 5. The topological polar surface area (TPSA) is 78.6 Å². The molecule has 0 spiro atoms. The van der Waals surface area contributed by atoms with E-state index >= 15 is 0 Å². The number of ether oxygens (including phenoxy) is 1. The summed E-state index contributed by atoms with van der Waals surface area (Å²) in [6.45, 7) is 6.95. The minimum atomic E-state index is -0.603. The molecule has 0 bridgehead atoms. The van der Waals surface area contributed by atoms with Crippen molar-refractivity contribution >= 4 is 28.9 Å². The standard InChI is InChI=1S/C24H32N4O3/c1-24(2,3)31-23(30)18-28(16-15-26(4)5)22(29)12-11-19-17-27(14-8-13-25)21-10-7-6-9-20(19)21/h6-7,9-12,17H,8,14-16,18H2,1-5H3/b12-11+. The van der Waals surface area contributed by atoms with Crippen molar-refractivity contribution in [1.29, 1.82) is 5.26 Å². The van der Waals surface area contributed by atoms with Crippen LogP contribution < -0.4 is 0 Å². The summed E-state index contributed by atoms with van der Waals surface area (Å²) in [5, 5.41) is 9.92. The van der Waals surface area contributed by atoms with Gasteiger partial charge < -0.3 is 19.1 Å². The number of nitriles is 1. The van der Waals surface area contributed by atoms with Crippen LogP contribution >= 0.6 is 0 Å². The number of amides is 1. The predicted molar refractivity (Wildman–Crippen MR) is 122 cm³/mol. The van der Waals surface area contributed by atoms with Crippen LogP contribution in [0.25, 0.3) is 17.0 Å². The molecule has 1 aromatic carbocycles. The van der Waals surface area contributed by atoms with Gasteiger partial charge >= 0.3 is 5.97 Å². The zero-order chi connectivity index (χ0) is 23.0. The molecule has 0 N–H and O–H groups in total. The lowest BCUT2D eigenvalue weighted by molar-refractivity contribution is -0.158. The van der Waals surface area contributed by atoms with Crippen LogP contribution in [-0.2, 0) is 20.9 Å². The Morgan fingerprint density at radius 1 is 1.19 bits per heavy atom. The number of aromatic nitrogens is 1. The number of nitrogens with zero attached hydrogens (tertiary/aromatic N) is 4. The molecule has 0 saturated heterocycles. The van der Waals surface area contributed by atoms with E-state index in [-0.39, 0.29) is 12.5 Å². The van der Waals surface area contributed by atoms with Gasteiger partial charge in [-0.1, -0.05) is 18.2 Å². The van der Waals surface area contributed by atoms with Crippen LogP contribution in [-0.4, -0.2) is 65.6 Å². The van der Waals surface area contributed by atoms with Crippen LogP contribution in [0.15, 0.2) is 36.5 Å². The van der Waals surface area contributed by atoms with Crippen LogP contribution in [0.5, 0.6) is 0 Å². The molecule has 0 saturated carbocycles. The maximum Gasteiger partial charge on any atom is 0.326 e. The first-order chi connectivity index (χ1) is 14.6. The van der Waals surface area contributed by atoms with Gasteiger partial charge in [-0.25, -0.2) is 0 Å². The van der Waals surface area contributed by atoms with Crippen molar-refractivity contribution in [2.24, 2.45) is 0 Å². The van der Waals surface area contributed by atoms with Crippen LogP contribution in [0.4, 0.5) is 0 Å². The van der Waals surface area contributed by atoms with Crippen LogP contribution in [0.2, 0.25) is 0 Å². The maximum absolute atomic E-state index is 12.9. The summed E-state index contributed by atoms with van der Waals surface area (Å²) in [5.74, 6) is -0.678. The van der Waals surface area contributed by atoms with Gasteiger partial charge in [-0.15, -0.1) is 0 Å². The summed E-state index contributed by atoms with van der Waals surface area (Å²) in [7, 11) is 3.84. The first kappa shape index (κ1) is 24.2. The maximum atomic E-state index is 12.9. The summed E-state index contributed by atoms with van der Waals surface area (Å²) in [4.78, 5) is 28.7. The molecular weight excluding hydrogens is 392 g/mol. The molecule has 0 aliphatic carbocycles. The Hall–Kier alpha value is -3.11.